The fourth-order valence-corrected chi connectivity index (χ4v) is 3.06. The lowest BCUT2D eigenvalue weighted by atomic mass is 10.2. The third kappa shape index (κ3) is 2.33. The van der Waals surface area contributed by atoms with Gasteiger partial charge in [0.25, 0.3) is 10.8 Å². The number of aromatic hydroxyl groups is 1. The van der Waals surface area contributed by atoms with E-state index in [0.717, 1.165) is 10.5 Å². The first-order valence-electron chi connectivity index (χ1n) is 5.27. The fourth-order valence-electron chi connectivity index (χ4n) is 1.61. The third-order valence-electron chi connectivity index (χ3n) is 2.56. The summed E-state index contributed by atoms with van der Waals surface area (Å²) in [5.74, 6) is -0.366. The molecule has 0 aliphatic carbocycles. The number of hydrogen-bond acceptors (Lipinski definition) is 3. The quantitative estimate of drug-likeness (QED) is 0.700. The molecular formula is C12H13N2O3S+. The van der Waals surface area contributed by atoms with Crippen LogP contribution in [0.1, 0.15) is 5.56 Å². The normalized spacial score (nSPS) is 12.3. The van der Waals surface area contributed by atoms with Crippen molar-refractivity contribution in [2.75, 3.05) is 6.26 Å². The van der Waals surface area contributed by atoms with E-state index in [1.165, 1.54) is 0 Å². The summed E-state index contributed by atoms with van der Waals surface area (Å²) in [5, 5.41) is 9.69. The first-order valence-corrected chi connectivity index (χ1v) is 6.90. The highest BCUT2D eigenvalue weighted by atomic mass is 32.2. The molecule has 0 amide bonds. The Kier molecular flexibility index (Phi) is 3.29. The van der Waals surface area contributed by atoms with Crippen molar-refractivity contribution >= 4 is 10.9 Å². The number of rotatable bonds is 2. The topological polar surface area (TPSA) is 85.9 Å². The van der Waals surface area contributed by atoms with E-state index < -0.39 is 22.1 Å². The molecule has 1 atom stereocenters. The van der Waals surface area contributed by atoms with Crippen LogP contribution in [0.5, 0.6) is 5.88 Å². The van der Waals surface area contributed by atoms with E-state index in [-0.39, 0.29) is 10.8 Å². The van der Waals surface area contributed by atoms with Crippen LogP contribution in [0, 0.1) is 6.92 Å². The van der Waals surface area contributed by atoms with Gasteiger partial charge < -0.3 is 5.11 Å². The van der Waals surface area contributed by atoms with Crippen molar-refractivity contribution in [2.24, 2.45) is 0 Å². The first-order chi connectivity index (χ1) is 8.49. The number of aromatic nitrogens is 2. The van der Waals surface area contributed by atoms with Crippen molar-refractivity contribution in [3.63, 3.8) is 0 Å². The Bertz CT molecular complexity index is 673. The molecule has 1 unspecified atom stereocenters. The zero-order valence-electron chi connectivity index (χ0n) is 9.98. The van der Waals surface area contributed by atoms with Crippen molar-refractivity contribution in [1.82, 2.24) is 9.97 Å². The maximum atomic E-state index is 11.7. The van der Waals surface area contributed by atoms with Crippen LogP contribution in [-0.4, -0.2) is 21.3 Å². The SMILES string of the molecule is Cc1ccc([S+](C)c2c(O)[nH]c(=O)[nH]c2=O)cc1. The lowest BCUT2D eigenvalue weighted by molar-refractivity contribution is 0.432. The molecule has 0 saturated heterocycles. The van der Waals surface area contributed by atoms with Gasteiger partial charge in [0.05, 0.1) is 10.9 Å². The lowest BCUT2D eigenvalue weighted by Crippen LogP contribution is -2.27. The van der Waals surface area contributed by atoms with Gasteiger partial charge in [-0.1, -0.05) is 17.7 Å². The van der Waals surface area contributed by atoms with Crippen molar-refractivity contribution in [3.8, 4) is 5.88 Å². The summed E-state index contributed by atoms with van der Waals surface area (Å²) in [6.45, 7) is 1.97. The summed E-state index contributed by atoms with van der Waals surface area (Å²) in [7, 11) is -0.600. The molecule has 94 valence electrons. The number of aryl methyl sites for hydroxylation is 1. The van der Waals surface area contributed by atoms with E-state index in [1.807, 2.05) is 37.4 Å². The summed E-state index contributed by atoms with van der Waals surface area (Å²) in [6.07, 6.45) is 1.83. The largest absolute Gasteiger partial charge is 0.491 e. The lowest BCUT2D eigenvalue weighted by Gasteiger charge is -2.03. The molecule has 1 aromatic heterocycles. The second-order valence-corrected chi connectivity index (χ2v) is 5.81. The van der Waals surface area contributed by atoms with Gasteiger partial charge in [0.15, 0.2) is 4.90 Å². The molecule has 2 rings (SSSR count). The van der Waals surface area contributed by atoms with Crippen LogP contribution in [0.25, 0.3) is 0 Å². The molecule has 0 radical (unpaired) electrons. The Labute approximate surface area is 106 Å². The van der Waals surface area contributed by atoms with Crippen LogP contribution >= 0.6 is 0 Å². The van der Waals surface area contributed by atoms with Gasteiger partial charge >= 0.3 is 11.2 Å². The summed E-state index contributed by atoms with van der Waals surface area (Å²) in [6, 6.07) is 7.69. The van der Waals surface area contributed by atoms with Crippen molar-refractivity contribution < 1.29 is 5.11 Å². The van der Waals surface area contributed by atoms with Gasteiger partial charge in [-0.3, -0.25) is 14.8 Å². The van der Waals surface area contributed by atoms with Gasteiger partial charge in [-0.05, 0) is 19.1 Å². The van der Waals surface area contributed by atoms with Gasteiger partial charge in [0.2, 0.25) is 0 Å². The number of nitrogens with one attached hydrogen (secondary N) is 2. The second-order valence-electron chi connectivity index (χ2n) is 3.91. The molecule has 0 spiro atoms. The fraction of sp³-hybridized carbons (Fsp3) is 0.167. The third-order valence-corrected chi connectivity index (χ3v) is 4.53. The summed E-state index contributed by atoms with van der Waals surface area (Å²) >= 11 is 0. The van der Waals surface area contributed by atoms with Crippen LogP contribution in [-0.2, 0) is 10.9 Å². The maximum Gasteiger partial charge on any atom is 0.328 e. The molecule has 0 saturated carbocycles. The van der Waals surface area contributed by atoms with Gasteiger partial charge in [-0.25, -0.2) is 4.79 Å². The molecule has 2 aromatic rings. The van der Waals surface area contributed by atoms with Crippen LogP contribution in [0.3, 0.4) is 0 Å². The summed E-state index contributed by atoms with van der Waals surface area (Å²) in [5.41, 5.74) is -0.139. The van der Waals surface area contributed by atoms with E-state index >= 15 is 0 Å². The number of H-pyrrole nitrogens is 2. The Balaban J connectivity index is 2.52. The number of benzene rings is 1. The van der Waals surface area contributed by atoms with Gasteiger partial charge in [0.1, 0.15) is 6.26 Å². The molecule has 1 aromatic carbocycles. The van der Waals surface area contributed by atoms with Crippen LogP contribution < -0.4 is 11.2 Å². The molecule has 0 bridgehead atoms. The molecule has 5 nitrogen and oxygen atoms in total. The molecule has 0 aliphatic rings. The zero-order valence-corrected chi connectivity index (χ0v) is 10.8. The number of aromatic amines is 2. The molecule has 0 fully saturated rings. The molecule has 1 heterocycles. The smallest absolute Gasteiger partial charge is 0.328 e. The minimum absolute atomic E-state index is 0.193. The highest BCUT2D eigenvalue weighted by Crippen LogP contribution is 2.23. The molecule has 6 heteroatoms. The molecular weight excluding hydrogens is 252 g/mol. The first kappa shape index (κ1) is 12.5. The maximum absolute atomic E-state index is 11.7. The van der Waals surface area contributed by atoms with Crippen LogP contribution in [0.15, 0.2) is 43.6 Å². The second kappa shape index (κ2) is 4.73. The molecule has 3 N–H and O–H groups in total. The van der Waals surface area contributed by atoms with E-state index in [1.54, 1.807) is 0 Å². The van der Waals surface area contributed by atoms with Gasteiger partial charge in [-0.2, -0.15) is 0 Å². The van der Waals surface area contributed by atoms with Crippen molar-refractivity contribution in [3.05, 3.63) is 50.7 Å². The van der Waals surface area contributed by atoms with Crippen LogP contribution in [0.2, 0.25) is 0 Å². The van der Waals surface area contributed by atoms with Crippen molar-refractivity contribution in [1.29, 1.82) is 0 Å². The zero-order chi connectivity index (χ0) is 13.3. The predicted octanol–water partition coefficient (Wildman–Crippen LogP) is 0.743. The van der Waals surface area contributed by atoms with Gasteiger partial charge in [-0.15, -0.1) is 0 Å². The Morgan fingerprint density at radius 3 is 2.28 bits per heavy atom. The number of hydrogen-bond donors (Lipinski definition) is 3. The average Bonchev–Trinajstić information content (AvgIpc) is 2.28. The molecule has 18 heavy (non-hydrogen) atoms. The Morgan fingerprint density at radius 1 is 1.11 bits per heavy atom. The van der Waals surface area contributed by atoms with E-state index in [4.69, 9.17) is 0 Å². The van der Waals surface area contributed by atoms with Crippen LogP contribution in [0.4, 0.5) is 0 Å². The van der Waals surface area contributed by atoms with E-state index in [0.29, 0.717) is 0 Å². The predicted molar refractivity (Wildman–Crippen MR) is 70.3 cm³/mol. The Morgan fingerprint density at radius 2 is 1.72 bits per heavy atom. The Hall–Kier alpha value is -1.95. The summed E-state index contributed by atoms with van der Waals surface area (Å²) < 4.78 is 0. The summed E-state index contributed by atoms with van der Waals surface area (Å²) in [4.78, 5) is 28.1. The van der Waals surface area contributed by atoms with Gasteiger partial charge in [0, 0.05) is 0 Å². The minimum Gasteiger partial charge on any atom is -0.491 e. The standard InChI is InChI=1S/C12H12N2O3S/c1-7-3-5-8(6-4-7)18(2)9-10(15)13-12(17)14-11(9)16/h3-6H,1-2H3,(H2-,13,14,15,16,17)/p+1. The molecule has 0 aliphatic heterocycles. The highest BCUT2D eigenvalue weighted by Gasteiger charge is 2.28. The van der Waals surface area contributed by atoms with E-state index in [2.05, 4.69) is 9.97 Å². The minimum atomic E-state index is -0.706. The monoisotopic (exact) mass is 265 g/mol. The average molecular weight is 265 g/mol. The highest BCUT2D eigenvalue weighted by molar-refractivity contribution is 7.96. The van der Waals surface area contributed by atoms with E-state index in [9.17, 15) is 14.7 Å². The van der Waals surface area contributed by atoms with Crippen molar-refractivity contribution in [2.45, 2.75) is 16.7 Å².